The minimum Gasteiger partial charge on any atom is -0.464 e. The van der Waals surface area contributed by atoms with Gasteiger partial charge in [-0.05, 0) is 26.0 Å². The lowest BCUT2D eigenvalue weighted by atomic mass is 10.1. The van der Waals surface area contributed by atoms with Crippen LogP contribution in [0.4, 0.5) is 11.5 Å². The third kappa shape index (κ3) is 2.91. The van der Waals surface area contributed by atoms with Crippen LogP contribution in [0.2, 0.25) is 0 Å². The van der Waals surface area contributed by atoms with Gasteiger partial charge in [0.2, 0.25) is 5.82 Å². The van der Waals surface area contributed by atoms with Crippen LogP contribution in [0.25, 0.3) is 0 Å². The van der Waals surface area contributed by atoms with Gasteiger partial charge in [-0.3, -0.25) is 10.1 Å². The number of hydrogen-bond acceptors (Lipinski definition) is 5. The molecule has 0 spiro atoms. The lowest BCUT2D eigenvalue weighted by molar-refractivity contribution is -0.384. The Labute approximate surface area is 123 Å². The van der Waals surface area contributed by atoms with Crippen LogP contribution in [0.5, 0.6) is 0 Å². The summed E-state index contributed by atoms with van der Waals surface area (Å²) in [6.45, 7) is 7.53. The van der Waals surface area contributed by atoms with Gasteiger partial charge in [-0.1, -0.05) is 13.8 Å². The van der Waals surface area contributed by atoms with Gasteiger partial charge in [0.05, 0.1) is 11.0 Å². The third-order valence-corrected chi connectivity index (χ3v) is 3.32. The molecule has 2 aromatic rings. The van der Waals surface area contributed by atoms with Gasteiger partial charge in [-0.15, -0.1) is 0 Å². The van der Waals surface area contributed by atoms with E-state index in [1.165, 1.54) is 4.68 Å². The van der Waals surface area contributed by atoms with E-state index in [4.69, 9.17) is 4.42 Å². The van der Waals surface area contributed by atoms with Crippen molar-refractivity contribution in [2.45, 2.75) is 39.7 Å². The Morgan fingerprint density at radius 1 is 1.38 bits per heavy atom. The molecule has 0 aliphatic heterocycles. The molecule has 0 aliphatic carbocycles. The highest BCUT2D eigenvalue weighted by Crippen LogP contribution is 2.34. The van der Waals surface area contributed by atoms with Crippen LogP contribution in [-0.2, 0) is 7.05 Å². The number of nitrogens with zero attached hydrogens (tertiary/aromatic N) is 3. The molecule has 21 heavy (non-hydrogen) atoms. The largest absolute Gasteiger partial charge is 0.464 e. The van der Waals surface area contributed by atoms with Gasteiger partial charge in [0, 0.05) is 13.0 Å². The summed E-state index contributed by atoms with van der Waals surface area (Å²) in [5.41, 5.74) is 0.510. The topological polar surface area (TPSA) is 86.1 Å². The van der Waals surface area contributed by atoms with Crippen molar-refractivity contribution in [2.75, 3.05) is 5.32 Å². The van der Waals surface area contributed by atoms with Gasteiger partial charge in [0.15, 0.2) is 0 Å². The van der Waals surface area contributed by atoms with Crippen molar-refractivity contribution in [2.24, 2.45) is 7.05 Å². The van der Waals surface area contributed by atoms with Gasteiger partial charge >= 0.3 is 5.69 Å². The predicted molar refractivity (Wildman–Crippen MR) is 79.4 cm³/mol. The van der Waals surface area contributed by atoms with Crippen molar-refractivity contribution in [1.82, 2.24) is 9.78 Å². The molecule has 7 heteroatoms. The summed E-state index contributed by atoms with van der Waals surface area (Å²) in [6.07, 6.45) is 0. The Kier molecular flexibility index (Phi) is 4.02. The monoisotopic (exact) mass is 292 g/mol. The summed E-state index contributed by atoms with van der Waals surface area (Å²) < 4.78 is 7.06. The number of rotatable bonds is 5. The zero-order valence-corrected chi connectivity index (χ0v) is 12.9. The molecule has 1 unspecified atom stereocenters. The molecule has 2 rings (SSSR count). The molecule has 7 nitrogen and oxygen atoms in total. The number of anilines is 1. The highest BCUT2D eigenvalue weighted by atomic mass is 16.6. The minimum atomic E-state index is -0.384. The molecule has 1 atom stereocenters. The van der Waals surface area contributed by atoms with Gasteiger partial charge in [-0.25, -0.2) is 4.68 Å². The fraction of sp³-hybridized carbons (Fsp3) is 0.500. The Balaban J connectivity index is 2.37. The standard InChI is InChI=1S/C14H20N4O3/c1-8(2)12-13(18(19)20)14(17(5)16-12)15-10(4)11-7-6-9(3)21-11/h6-8,10,15H,1-5H3. The van der Waals surface area contributed by atoms with Crippen LogP contribution >= 0.6 is 0 Å². The summed E-state index contributed by atoms with van der Waals surface area (Å²) in [4.78, 5) is 11.0. The van der Waals surface area contributed by atoms with Gasteiger partial charge in [-0.2, -0.15) is 5.10 Å². The van der Waals surface area contributed by atoms with Crippen molar-refractivity contribution >= 4 is 11.5 Å². The van der Waals surface area contributed by atoms with E-state index in [1.54, 1.807) is 7.05 Å². The molecule has 0 amide bonds. The van der Waals surface area contributed by atoms with Crippen LogP contribution in [0.3, 0.4) is 0 Å². The molecule has 0 bridgehead atoms. The molecule has 0 aromatic carbocycles. The lowest BCUT2D eigenvalue weighted by Crippen LogP contribution is -2.10. The number of aryl methyl sites for hydroxylation is 2. The molecule has 1 N–H and O–H groups in total. The third-order valence-electron chi connectivity index (χ3n) is 3.32. The van der Waals surface area contributed by atoms with Crippen molar-refractivity contribution in [3.8, 4) is 0 Å². The molecular formula is C14H20N4O3. The number of furan rings is 1. The number of hydrogen-bond donors (Lipinski definition) is 1. The first kappa shape index (κ1) is 15.1. The second kappa shape index (κ2) is 5.59. The number of nitrogens with one attached hydrogen (secondary N) is 1. The molecule has 0 aliphatic rings. The second-order valence-corrected chi connectivity index (χ2v) is 5.43. The summed E-state index contributed by atoms with van der Waals surface area (Å²) in [5, 5.41) is 18.8. The van der Waals surface area contributed by atoms with E-state index in [0.717, 1.165) is 11.5 Å². The van der Waals surface area contributed by atoms with E-state index in [0.29, 0.717) is 11.5 Å². The smallest absolute Gasteiger partial charge is 0.334 e. The van der Waals surface area contributed by atoms with E-state index >= 15 is 0 Å². The molecule has 0 saturated heterocycles. The number of aromatic nitrogens is 2. The normalized spacial score (nSPS) is 12.7. The quantitative estimate of drug-likeness (QED) is 0.673. The van der Waals surface area contributed by atoms with Crippen LogP contribution in [0, 0.1) is 17.0 Å². The first-order chi connectivity index (χ1) is 9.81. The summed E-state index contributed by atoms with van der Waals surface area (Å²) in [7, 11) is 1.70. The van der Waals surface area contributed by atoms with Crippen molar-refractivity contribution in [1.29, 1.82) is 0 Å². The molecule has 0 fully saturated rings. The minimum absolute atomic E-state index is 0.0201. The van der Waals surface area contributed by atoms with Crippen LogP contribution in [-0.4, -0.2) is 14.7 Å². The first-order valence-electron chi connectivity index (χ1n) is 6.85. The van der Waals surface area contributed by atoms with E-state index in [9.17, 15) is 10.1 Å². The molecule has 0 saturated carbocycles. The van der Waals surface area contributed by atoms with Gasteiger partial charge in [0.1, 0.15) is 17.2 Å². The maximum absolute atomic E-state index is 11.4. The Bertz CT molecular complexity index is 657. The number of nitro groups is 1. The second-order valence-electron chi connectivity index (χ2n) is 5.43. The van der Waals surface area contributed by atoms with E-state index in [1.807, 2.05) is 39.8 Å². The average Bonchev–Trinajstić information content (AvgIpc) is 2.94. The fourth-order valence-electron chi connectivity index (χ4n) is 2.23. The SMILES string of the molecule is Cc1ccc(C(C)Nc2c([N+](=O)[O-])c(C(C)C)nn2C)o1. The Morgan fingerprint density at radius 3 is 2.52 bits per heavy atom. The average molecular weight is 292 g/mol. The van der Waals surface area contributed by atoms with Gasteiger partial charge in [0.25, 0.3) is 0 Å². The Hall–Kier alpha value is -2.31. The highest BCUT2D eigenvalue weighted by Gasteiger charge is 2.29. The lowest BCUT2D eigenvalue weighted by Gasteiger charge is -2.12. The molecule has 2 aromatic heterocycles. The van der Waals surface area contributed by atoms with Crippen molar-refractivity contribution in [3.63, 3.8) is 0 Å². The molecule has 2 heterocycles. The summed E-state index contributed by atoms with van der Waals surface area (Å²) in [6, 6.07) is 3.54. The summed E-state index contributed by atoms with van der Waals surface area (Å²) >= 11 is 0. The maximum atomic E-state index is 11.4. The molecule has 114 valence electrons. The molecular weight excluding hydrogens is 272 g/mol. The zero-order valence-electron chi connectivity index (χ0n) is 12.9. The van der Waals surface area contributed by atoms with Gasteiger partial charge < -0.3 is 9.73 Å². The Morgan fingerprint density at radius 2 is 2.05 bits per heavy atom. The van der Waals surface area contributed by atoms with Crippen LogP contribution in [0.15, 0.2) is 16.5 Å². The fourth-order valence-corrected chi connectivity index (χ4v) is 2.23. The highest BCUT2D eigenvalue weighted by molar-refractivity contribution is 5.61. The molecule has 0 radical (unpaired) electrons. The van der Waals surface area contributed by atoms with E-state index < -0.39 is 0 Å². The zero-order chi connectivity index (χ0) is 15.7. The predicted octanol–water partition coefficient (Wildman–Crippen LogP) is 3.53. The van der Waals surface area contributed by atoms with E-state index in [2.05, 4.69) is 10.4 Å². The van der Waals surface area contributed by atoms with Crippen molar-refractivity contribution in [3.05, 3.63) is 39.5 Å². The first-order valence-corrected chi connectivity index (χ1v) is 6.85. The maximum Gasteiger partial charge on any atom is 0.334 e. The van der Waals surface area contributed by atoms with E-state index in [-0.39, 0.29) is 22.6 Å². The van der Waals surface area contributed by atoms with Crippen molar-refractivity contribution < 1.29 is 9.34 Å². The van der Waals surface area contributed by atoms with Crippen LogP contribution in [0.1, 0.15) is 49.9 Å². The van der Waals surface area contributed by atoms with Crippen LogP contribution < -0.4 is 5.32 Å². The summed E-state index contributed by atoms with van der Waals surface area (Å²) in [5.74, 6) is 1.91.